The van der Waals surface area contributed by atoms with Crippen molar-refractivity contribution in [3.05, 3.63) is 71.2 Å². The zero-order valence-electron chi connectivity index (χ0n) is 19.7. The van der Waals surface area contributed by atoms with Crippen molar-refractivity contribution in [1.82, 2.24) is 25.4 Å². The maximum Gasteiger partial charge on any atom is 0.218 e. The van der Waals surface area contributed by atoms with Crippen LogP contribution in [-0.2, 0) is 17.8 Å². The van der Waals surface area contributed by atoms with Crippen LogP contribution in [0.2, 0.25) is 0 Å². The van der Waals surface area contributed by atoms with Gasteiger partial charge in [-0.25, -0.2) is 14.7 Å². The van der Waals surface area contributed by atoms with E-state index in [1.165, 1.54) is 0 Å². The number of benzene rings is 1. The first-order valence-corrected chi connectivity index (χ1v) is 10.8. The molecule has 9 heteroatoms. The van der Waals surface area contributed by atoms with Gasteiger partial charge >= 0.3 is 0 Å². The Morgan fingerprint density at radius 3 is 2.58 bits per heavy atom. The highest BCUT2D eigenvalue weighted by Gasteiger charge is 2.10. The molecule has 0 radical (unpaired) electrons. The Morgan fingerprint density at radius 1 is 1.06 bits per heavy atom. The Kier molecular flexibility index (Phi) is 11.1. The van der Waals surface area contributed by atoms with E-state index in [1.54, 1.807) is 13.3 Å². The third kappa shape index (κ3) is 7.71. The highest BCUT2D eigenvalue weighted by Crippen LogP contribution is 2.17. The van der Waals surface area contributed by atoms with E-state index in [4.69, 9.17) is 14.5 Å². The molecule has 0 unspecified atom stereocenters. The van der Waals surface area contributed by atoms with Crippen LogP contribution in [0, 0.1) is 13.8 Å². The quantitative estimate of drug-likeness (QED) is 0.169. The average Bonchev–Trinajstić information content (AvgIpc) is 3.14. The smallest absolute Gasteiger partial charge is 0.218 e. The van der Waals surface area contributed by atoms with Crippen molar-refractivity contribution < 1.29 is 9.47 Å². The number of nitrogens with zero attached hydrogens (tertiary/aromatic N) is 4. The van der Waals surface area contributed by atoms with Gasteiger partial charge in [-0.3, -0.25) is 0 Å². The summed E-state index contributed by atoms with van der Waals surface area (Å²) in [6.07, 6.45) is 1.72. The van der Waals surface area contributed by atoms with Crippen LogP contribution in [0.15, 0.2) is 53.7 Å². The van der Waals surface area contributed by atoms with Crippen LogP contribution in [0.3, 0.4) is 0 Å². The van der Waals surface area contributed by atoms with Gasteiger partial charge in [0.05, 0.1) is 24.5 Å². The first kappa shape index (κ1) is 26.6. The Balaban J connectivity index is 0.00000385. The van der Waals surface area contributed by atoms with Gasteiger partial charge in [0.15, 0.2) is 5.96 Å². The number of hydrogen-bond donors (Lipinski definition) is 2. The zero-order chi connectivity index (χ0) is 22.8. The second-order valence-electron chi connectivity index (χ2n) is 7.33. The van der Waals surface area contributed by atoms with Gasteiger partial charge in [0.2, 0.25) is 5.88 Å². The minimum atomic E-state index is 0. The van der Waals surface area contributed by atoms with Crippen molar-refractivity contribution in [2.45, 2.75) is 33.9 Å². The van der Waals surface area contributed by atoms with Crippen molar-refractivity contribution in [2.75, 3.05) is 26.9 Å². The summed E-state index contributed by atoms with van der Waals surface area (Å²) in [6, 6.07) is 14.2. The summed E-state index contributed by atoms with van der Waals surface area (Å²) in [6.45, 7) is 8.90. The highest BCUT2D eigenvalue weighted by molar-refractivity contribution is 14.0. The lowest BCUT2D eigenvalue weighted by Gasteiger charge is -2.15. The third-order valence-corrected chi connectivity index (χ3v) is 4.80. The van der Waals surface area contributed by atoms with Gasteiger partial charge in [-0.2, -0.15) is 5.10 Å². The van der Waals surface area contributed by atoms with E-state index < -0.39 is 0 Å². The predicted molar refractivity (Wildman–Crippen MR) is 142 cm³/mol. The van der Waals surface area contributed by atoms with Crippen molar-refractivity contribution in [3.8, 4) is 11.6 Å². The van der Waals surface area contributed by atoms with Crippen molar-refractivity contribution in [2.24, 2.45) is 4.99 Å². The molecule has 0 aliphatic carbocycles. The van der Waals surface area contributed by atoms with Gasteiger partial charge in [0.25, 0.3) is 0 Å². The van der Waals surface area contributed by atoms with Crippen molar-refractivity contribution >= 4 is 29.9 Å². The molecule has 33 heavy (non-hydrogen) atoms. The molecule has 0 saturated carbocycles. The number of rotatable bonds is 10. The number of hydrogen-bond acceptors (Lipinski definition) is 5. The zero-order valence-corrected chi connectivity index (χ0v) is 22.0. The SMILES string of the molecule is CCNC(=NCc1cccnc1OCCOC)NCc1ccccc1-n1nc(C)cc1C.I. The Labute approximate surface area is 212 Å². The molecule has 0 fully saturated rings. The van der Waals surface area contributed by atoms with Gasteiger partial charge in [-0.05, 0) is 44.5 Å². The Hall–Kier alpha value is -2.66. The fraction of sp³-hybridized carbons (Fsp3) is 0.375. The van der Waals surface area contributed by atoms with E-state index in [0.717, 1.165) is 40.7 Å². The number of ether oxygens (including phenoxy) is 2. The molecule has 0 saturated heterocycles. The van der Waals surface area contributed by atoms with Crippen molar-refractivity contribution in [3.63, 3.8) is 0 Å². The van der Waals surface area contributed by atoms with Crippen LogP contribution in [-0.4, -0.2) is 47.6 Å². The normalized spacial score (nSPS) is 11.1. The van der Waals surface area contributed by atoms with E-state index in [-0.39, 0.29) is 24.0 Å². The molecule has 0 bridgehead atoms. The minimum Gasteiger partial charge on any atom is -0.475 e. The average molecular weight is 564 g/mol. The van der Waals surface area contributed by atoms with E-state index in [0.29, 0.717) is 32.2 Å². The minimum absolute atomic E-state index is 0. The van der Waals surface area contributed by atoms with Crippen LogP contribution in [0.25, 0.3) is 5.69 Å². The molecular weight excluding hydrogens is 531 g/mol. The van der Waals surface area contributed by atoms with Gasteiger partial charge in [0.1, 0.15) is 6.61 Å². The van der Waals surface area contributed by atoms with E-state index in [9.17, 15) is 0 Å². The Bertz CT molecular complexity index is 1040. The number of methoxy groups -OCH3 is 1. The fourth-order valence-electron chi connectivity index (χ4n) is 3.32. The molecule has 178 valence electrons. The largest absolute Gasteiger partial charge is 0.475 e. The maximum absolute atomic E-state index is 5.72. The van der Waals surface area contributed by atoms with Crippen LogP contribution in [0.4, 0.5) is 0 Å². The summed E-state index contributed by atoms with van der Waals surface area (Å²) in [5, 5.41) is 11.4. The van der Waals surface area contributed by atoms with Crippen LogP contribution < -0.4 is 15.4 Å². The summed E-state index contributed by atoms with van der Waals surface area (Å²) in [5.74, 6) is 1.31. The number of aliphatic imine (C=N–C) groups is 1. The van der Waals surface area contributed by atoms with E-state index in [1.807, 2.05) is 42.8 Å². The predicted octanol–water partition coefficient (Wildman–Crippen LogP) is 3.78. The summed E-state index contributed by atoms with van der Waals surface area (Å²) < 4.78 is 12.8. The summed E-state index contributed by atoms with van der Waals surface area (Å²) in [4.78, 5) is 9.06. The molecule has 8 nitrogen and oxygen atoms in total. The second kappa shape index (κ2) is 13.8. The van der Waals surface area contributed by atoms with Gasteiger partial charge in [0, 0.05) is 37.7 Å². The molecule has 0 aliphatic rings. The number of halogens is 1. The second-order valence-corrected chi connectivity index (χ2v) is 7.33. The lowest BCUT2D eigenvalue weighted by atomic mass is 10.1. The molecule has 3 aromatic rings. The number of guanidine groups is 1. The molecule has 2 heterocycles. The molecule has 0 spiro atoms. The lowest BCUT2D eigenvalue weighted by Crippen LogP contribution is -2.37. The monoisotopic (exact) mass is 564 g/mol. The number of pyridine rings is 1. The fourth-order valence-corrected chi connectivity index (χ4v) is 3.32. The number of aryl methyl sites for hydroxylation is 2. The number of aromatic nitrogens is 3. The van der Waals surface area contributed by atoms with Gasteiger partial charge in [-0.15, -0.1) is 24.0 Å². The summed E-state index contributed by atoms with van der Waals surface area (Å²) in [5.41, 5.74) is 5.22. The molecular formula is C24H33IN6O2. The van der Waals surface area contributed by atoms with Crippen LogP contribution in [0.1, 0.15) is 29.4 Å². The van der Waals surface area contributed by atoms with Gasteiger partial charge < -0.3 is 20.1 Å². The number of para-hydroxylation sites is 1. The third-order valence-electron chi connectivity index (χ3n) is 4.80. The molecule has 0 atom stereocenters. The highest BCUT2D eigenvalue weighted by atomic mass is 127. The first-order chi connectivity index (χ1) is 15.6. The van der Waals surface area contributed by atoms with Crippen LogP contribution in [0.5, 0.6) is 5.88 Å². The Morgan fingerprint density at radius 2 is 1.85 bits per heavy atom. The summed E-state index contributed by atoms with van der Waals surface area (Å²) in [7, 11) is 1.65. The first-order valence-electron chi connectivity index (χ1n) is 10.8. The van der Waals surface area contributed by atoms with Gasteiger partial charge in [-0.1, -0.05) is 24.3 Å². The molecule has 2 aromatic heterocycles. The standard InChI is InChI=1S/C24H32N6O2.HI/c1-5-25-24(28-17-21-10-8-12-26-23(21)32-14-13-31-4)27-16-20-9-6-7-11-22(20)30-19(3)15-18(2)29-30;/h6-12,15H,5,13-14,16-17H2,1-4H3,(H2,25,27,28);1H. The molecule has 0 amide bonds. The molecule has 0 aliphatic heterocycles. The van der Waals surface area contributed by atoms with Crippen LogP contribution >= 0.6 is 24.0 Å². The molecule has 3 rings (SSSR count). The van der Waals surface area contributed by atoms with E-state index >= 15 is 0 Å². The molecule has 1 aromatic carbocycles. The number of nitrogens with one attached hydrogen (secondary N) is 2. The summed E-state index contributed by atoms with van der Waals surface area (Å²) >= 11 is 0. The molecule has 2 N–H and O–H groups in total. The lowest BCUT2D eigenvalue weighted by molar-refractivity contribution is 0.143. The van der Waals surface area contributed by atoms with Crippen molar-refractivity contribution in [1.29, 1.82) is 0 Å². The van der Waals surface area contributed by atoms with E-state index in [2.05, 4.69) is 45.8 Å². The topological polar surface area (TPSA) is 85.6 Å². The maximum atomic E-state index is 5.72.